The largest absolute Gasteiger partial charge is 0.0921 e. The van der Waals surface area contributed by atoms with E-state index in [0.717, 1.165) is 0 Å². The molecule has 1 heteroatoms. The molecule has 0 amide bonds. The third-order valence-corrected chi connectivity index (χ3v) is 11.9. The highest BCUT2D eigenvalue weighted by Crippen LogP contribution is 2.51. The van der Waals surface area contributed by atoms with Gasteiger partial charge in [0.25, 0.3) is 0 Å². The van der Waals surface area contributed by atoms with Crippen LogP contribution in [0.3, 0.4) is 0 Å². The maximum atomic E-state index is 2.51. The molecule has 2 aliphatic carbocycles. The Morgan fingerprint density at radius 1 is 0.846 bits per heavy atom. The van der Waals surface area contributed by atoms with Gasteiger partial charge >= 0.3 is 0 Å². The molecule has 0 saturated heterocycles. The predicted octanol–water partition coefficient (Wildman–Crippen LogP) is 6.38. The molecule has 2 aliphatic rings. The smallest absolute Gasteiger partial charge is 0.0840 e. The molecule has 0 bridgehead atoms. The zero-order valence-electron chi connectivity index (χ0n) is 17.8. The molecule has 0 fully saturated rings. The summed E-state index contributed by atoms with van der Waals surface area (Å²) in [6, 6.07) is 5.03. The lowest BCUT2D eigenvalue weighted by atomic mass is 10.0. The SMILES string of the molecule is CC1=C(C)C([SiH](c2cc(C)c(C)c(C)c2)C2(C)C=CC=CC2)C(C)=C1C. The Morgan fingerprint density at radius 2 is 1.38 bits per heavy atom. The number of rotatable bonds is 3. The van der Waals surface area contributed by atoms with Crippen LogP contribution in [-0.4, -0.2) is 8.80 Å². The minimum absolute atomic E-state index is 0.279. The number of hydrogen-bond donors (Lipinski definition) is 0. The van der Waals surface area contributed by atoms with E-state index in [1.54, 1.807) is 16.3 Å². The summed E-state index contributed by atoms with van der Waals surface area (Å²) in [4.78, 5) is 0. The van der Waals surface area contributed by atoms with E-state index in [9.17, 15) is 0 Å². The first kappa shape index (κ1) is 19.2. The minimum atomic E-state index is -1.36. The van der Waals surface area contributed by atoms with Gasteiger partial charge in [0, 0.05) is 0 Å². The van der Waals surface area contributed by atoms with Crippen LogP contribution in [0.1, 0.15) is 57.7 Å². The van der Waals surface area contributed by atoms with Crippen molar-refractivity contribution >= 4 is 14.0 Å². The molecule has 1 aromatic carbocycles. The van der Waals surface area contributed by atoms with Gasteiger partial charge in [-0.1, -0.05) is 59.7 Å². The zero-order chi connectivity index (χ0) is 19.2. The van der Waals surface area contributed by atoms with Gasteiger partial charge in [0.15, 0.2) is 0 Å². The number of benzene rings is 1. The standard InChI is InChI=1S/C25H34Si/c1-16-14-23(15-17(2)18(16)3)26(25(8)12-10-9-11-13-25)24-21(6)19(4)20(5)22(24)7/h9-12,14-15,24,26H,13H2,1-8H3. The molecule has 26 heavy (non-hydrogen) atoms. The Kier molecular flexibility index (Phi) is 5.05. The molecule has 0 aromatic heterocycles. The fourth-order valence-corrected chi connectivity index (χ4v) is 10.0. The normalized spacial score (nSPS) is 24.8. The van der Waals surface area contributed by atoms with E-state index >= 15 is 0 Å². The van der Waals surface area contributed by atoms with Crippen molar-refractivity contribution in [1.82, 2.24) is 0 Å². The molecule has 0 aliphatic heterocycles. The van der Waals surface area contributed by atoms with Crippen molar-refractivity contribution in [3.63, 3.8) is 0 Å². The fraction of sp³-hybridized carbons (Fsp3) is 0.440. The van der Waals surface area contributed by atoms with Gasteiger partial charge in [-0.25, -0.2) is 0 Å². The maximum absolute atomic E-state index is 2.51. The second kappa shape index (κ2) is 6.85. The highest BCUT2D eigenvalue weighted by atomic mass is 28.3. The Bertz CT molecular complexity index is 815. The average molecular weight is 363 g/mol. The summed E-state index contributed by atoms with van der Waals surface area (Å²) in [6.45, 7) is 18.8. The van der Waals surface area contributed by atoms with Crippen molar-refractivity contribution in [2.75, 3.05) is 0 Å². The van der Waals surface area contributed by atoms with Crippen LogP contribution in [0.4, 0.5) is 0 Å². The molecule has 1 aromatic rings. The molecule has 0 heterocycles. The molecule has 0 N–H and O–H groups in total. The first-order valence-corrected chi connectivity index (χ1v) is 11.8. The highest BCUT2D eigenvalue weighted by molar-refractivity contribution is 6.79. The van der Waals surface area contributed by atoms with Crippen molar-refractivity contribution in [3.05, 3.63) is 75.4 Å². The quantitative estimate of drug-likeness (QED) is 0.547. The molecule has 0 radical (unpaired) electrons. The minimum Gasteiger partial charge on any atom is -0.0840 e. The van der Waals surface area contributed by atoms with Crippen LogP contribution >= 0.6 is 0 Å². The van der Waals surface area contributed by atoms with E-state index in [1.807, 2.05) is 0 Å². The Balaban J connectivity index is 2.22. The lowest BCUT2D eigenvalue weighted by Gasteiger charge is -2.40. The summed E-state index contributed by atoms with van der Waals surface area (Å²) < 4.78 is 0. The Hall–Kier alpha value is -1.60. The molecule has 0 spiro atoms. The first-order valence-electron chi connectivity index (χ1n) is 9.94. The molecule has 2 atom stereocenters. The van der Waals surface area contributed by atoms with Crippen LogP contribution in [0.5, 0.6) is 0 Å². The monoisotopic (exact) mass is 362 g/mol. The third-order valence-electron chi connectivity index (χ3n) is 7.31. The Labute approximate surface area is 162 Å². The van der Waals surface area contributed by atoms with Crippen LogP contribution in [-0.2, 0) is 0 Å². The van der Waals surface area contributed by atoms with Crippen LogP contribution < -0.4 is 5.19 Å². The summed E-state index contributed by atoms with van der Waals surface area (Å²) in [5.41, 5.74) is 11.3. The average Bonchev–Trinajstić information content (AvgIpc) is 2.78. The summed E-state index contributed by atoms with van der Waals surface area (Å²) in [5.74, 6) is 0. The van der Waals surface area contributed by atoms with E-state index < -0.39 is 8.80 Å². The number of allylic oxidation sites excluding steroid dienone is 8. The lowest BCUT2D eigenvalue weighted by molar-refractivity contribution is 0.730. The number of aryl methyl sites for hydroxylation is 2. The second-order valence-corrected chi connectivity index (χ2v) is 12.5. The second-order valence-electron chi connectivity index (χ2n) is 8.85. The Morgan fingerprint density at radius 3 is 1.85 bits per heavy atom. The van der Waals surface area contributed by atoms with Gasteiger partial charge in [0.1, 0.15) is 0 Å². The summed E-state index contributed by atoms with van der Waals surface area (Å²) in [5, 5.41) is 1.92. The lowest BCUT2D eigenvalue weighted by Crippen LogP contribution is -2.45. The van der Waals surface area contributed by atoms with Crippen molar-refractivity contribution < 1.29 is 0 Å². The molecule has 138 valence electrons. The van der Waals surface area contributed by atoms with Crippen LogP contribution in [0.2, 0.25) is 10.6 Å². The topological polar surface area (TPSA) is 0 Å². The van der Waals surface area contributed by atoms with Crippen LogP contribution in [0, 0.1) is 20.8 Å². The van der Waals surface area contributed by atoms with Crippen LogP contribution in [0.25, 0.3) is 0 Å². The predicted molar refractivity (Wildman–Crippen MR) is 119 cm³/mol. The zero-order valence-corrected chi connectivity index (χ0v) is 19.0. The van der Waals surface area contributed by atoms with Crippen molar-refractivity contribution in [1.29, 1.82) is 0 Å². The third kappa shape index (κ3) is 3.01. The molecule has 0 nitrogen and oxygen atoms in total. The summed E-state index contributed by atoms with van der Waals surface area (Å²) in [6.07, 6.45) is 10.6. The van der Waals surface area contributed by atoms with Gasteiger partial charge in [-0.05, 0) is 93.3 Å². The highest BCUT2D eigenvalue weighted by Gasteiger charge is 2.43. The van der Waals surface area contributed by atoms with Gasteiger partial charge in [0.2, 0.25) is 0 Å². The van der Waals surface area contributed by atoms with Gasteiger partial charge in [-0.3, -0.25) is 0 Å². The number of hydrogen-bond acceptors (Lipinski definition) is 0. The van der Waals surface area contributed by atoms with Crippen molar-refractivity contribution in [2.45, 2.75) is 72.4 Å². The molecular weight excluding hydrogens is 328 g/mol. The van der Waals surface area contributed by atoms with Gasteiger partial charge < -0.3 is 0 Å². The molecular formula is C25H34Si. The molecule has 2 unspecified atom stereocenters. The summed E-state index contributed by atoms with van der Waals surface area (Å²) >= 11 is 0. The maximum Gasteiger partial charge on any atom is 0.0921 e. The van der Waals surface area contributed by atoms with E-state index in [2.05, 4.69) is 91.8 Å². The van der Waals surface area contributed by atoms with Crippen molar-refractivity contribution in [2.24, 2.45) is 0 Å². The molecule has 3 rings (SSSR count). The van der Waals surface area contributed by atoms with E-state index in [1.165, 1.54) is 34.3 Å². The van der Waals surface area contributed by atoms with Gasteiger partial charge in [-0.2, -0.15) is 0 Å². The fourth-order valence-electron chi connectivity index (χ4n) is 5.06. The van der Waals surface area contributed by atoms with Gasteiger partial charge in [-0.15, -0.1) is 0 Å². The first-order chi connectivity index (χ1) is 12.2. The van der Waals surface area contributed by atoms with E-state index in [4.69, 9.17) is 0 Å². The summed E-state index contributed by atoms with van der Waals surface area (Å²) in [7, 11) is -1.36. The van der Waals surface area contributed by atoms with Crippen LogP contribution in [0.15, 0.2) is 58.7 Å². The van der Waals surface area contributed by atoms with Gasteiger partial charge in [0.05, 0.1) is 8.80 Å². The van der Waals surface area contributed by atoms with Crippen molar-refractivity contribution in [3.8, 4) is 0 Å². The van der Waals surface area contributed by atoms with E-state index in [-0.39, 0.29) is 5.04 Å². The molecule has 0 saturated carbocycles. The van der Waals surface area contributed by atoms with E-state index in [0.29, 0.717) is 5.54 Å².